The maximum absolute atomic E-state index is 7.50. The van der Waals surface area contributed by atoms with E-state index in [0.29, 0.717) is 0 Å². The average molecular weight is 738 g/mol. The van der Waals surface area contributed by atoms with Crippen LogP contribution in [0.1, 0.15) is 0 Å². The molecule has 0 atom stereocenters. The van der Waals surface area contributed by atoms with E-state index in [1.165, 1.54) is 22.0 Å². The molecule has 4 aromatic rings. The summed E-state index contributed by atoms with van der Waals surface area (Å²) in [5.74, 6) is 0. The standard InChI is InChI=1S/C26H24AsP.4CO.W/c1-5-13-23(14-6-1)27(24-15-7-2-8-16-24)21-22-28(25-17-9-3-10-18-25)26-19-11-4-12-20-26;4*1-2;/h1-20H,21-22H2;;;;;. The van der Waals surface area contributed by atoms with Gasteiger partial charge in [0.25, 0.3) is 0 Å². The first kappa shape index (κ1) is 36.7. The van der Waals surface area contributed by atoms with Crippen LogP contribution in [0.4, 0.5) is 0 Å². The second-order valence-corrected chi connectivity index (χ2v) is 13.9. The molecule has 0 aliphatic rings. The Kier molecular flexibility index (Phi) is 25.0. The fraction of sp³-hybridized carbons (Fsp3) is 0.0667. The van der Waals surface area contributed by atoms with Crippen molar-refractivity contribution in [2.75, 3.05) is 6.16 Å². The Morgan fingerprint density at radius 2 is 0.730 bits per heavy atom. The van der Waals surface area contributed by atoms with Crippen LogP contribution in [-0.4, -0.2) is 20.8 Å². The zero-order valence-electron chi connectivity index (χ0n) is 19.9. The zero-order valence-corrected chi connectivity index (χ0v) is 25.6. The van der Waals surface area contributed by atoms with Gasteiger partial charge in [-0.3, -0.25) is 0 Å². The predicted molar refractivity (Wildman–Crippen MR) is 142 cm³/mol. The molecule has 0 aliphatic carbocycles. The molecule has 0 saturated carbocycles. The first-order valence-corrected chi connectivity index (χ1v) is 15.2. The Hall–Kier alpha value is -2.48. The van der Waals surface area contributed by atoms with Gasteiger partial charge in [0.2, 0.25) is 0 Å². The molecule has 4 aromatic carbocycles. The minimum atomic E-state index is -1.32. The van der Waals surface area contributed by atoms with Crippen LogP contribution < -0.4 is 19.3 Å². The summed E-state index contributed by atoms with van der Waals surface area (Å²) in [6.07, 6.45) is 1.24. The molecular weight excluding hydrogens is 714 g/mol. The molecule has 0 aromatic heterocycles. The third-order valence-electron chi connectivity index (χ3n) is 4.82. The summed E-state index contributed by atoms with van der Waals surface area (Å²) in [5.41, 5.74) is 0. The van der Waals surface area contributed by atoms with E-state index >= 15 is 0 Å². The van der Waals surface area contributed by atoms with Gasteiger partial charge in [-0.2, -0.15) is 0 Å². The van der Waals surface area contributed by atoms with Gasteiger partial charge in [-0.1, -0.05) is 0 Å². The van der Waals surface area contributed by atoms with E-state index in [1.807, 2.05) is 0 Å². The van der Waals surface area contributed by atoms with Crippen LogP contribution in [0.3, 0.4) is 0 Å². The first-order chi connectivity index (χ1) is 17.9. The van der Waals surface area contributed by atoms with Crippen molar-refractivity contribution in [3.05, 3.63) is 148 Å². The Morgan fingerprint density at radius 3 is 1.03 bits per heavy atom. The molecule has 0 unspecified atom stereocenters. The molecule has 0 aliphatic heterocycles. The Labute approximate surface area is 239 Å². The molecule has 37 heavy (non-hydrogen) atoms. The zero-order chi connectivity index (χ0) is 27.0. The van der Waals surface area contributed by atoms with Crippen molar-refractivity contribution in [2.24, 2.45) is 0 Å². The van der Waals surface area contributed by atoms with E-state index < -0.39 is 14.7 Å². The molecule has 0 amide bonds. The van der Waals surface area contributed by atoms with Crippen molar-refractivity contribution < 1.29 is 39.7 Å². The summed E-state index contributed by atoms with van der Waals surface area (Å²) < 4.78 is 33.1. The number of rotatable bonds is 7. The fourth-order valence-electron chi connectivity index (χ4n) is 3.45. The minimum absolute atomic E-state index is 0. The molecular formula is C30H24AsO4PW. The van der Waals surface area contributed by atoms with Crippen LogP contribution in [0, 0.1) is 26.6 Å². The first-order valence-electron chi connectivity index (χ1n) is 10.5. The fourth-order valence-corrected chi connectivity index (χ4v) is 12.2. The maximum atomic E-state index is 7.50. The molecule has 0 spiro atoms. The third-order valence-corrected chi connectivity index (χ3v) is 13.4. The van der Waals surface area contributed by atoms with Gasteiger partial charge in [0, 0.05) is 21.1 Å². The van der Waals surface area contributed by atoms with Gasteiger partial charge in [-0.15, -0.1) is 0 Å². The third kappa shape index (κ3) is 13.0. The van der Waals surface area contributed by atoms with Gasteiger partial charge < -0.3 is 0 Å². The van der Waals surface area contributed by atoms with E-state index in [-0.39, 0.29) is 29.0 Å². The van der Waals surface area contributed by atoms with Crippen LogP contribution in [-0.2, 0) is 39.7 Å². The van der Waals surface area contributed by atoms with E-state index in [9.17, 15) is 0 Å². The van der Waals surface area contributed by atoms with Crippen molar-refractivity contribution in [1.82, 2.24) is 0 Å². The van der Waals surface area contributed by atoms with Gasteiger partial charge in [0.1, 0.15) is 0 Å². The van der Waals surface area contributed by atoms with Gasteiger partial charge in [0.15, 0.2) is 0 Å². The van der Waals surface area contributed by atoms with Gasteiger partial charge in [-0.25, -0.2) is 0 Å². The van der Waals surface area contributed by atoms with E-state index in [0.717, 1.165) is 0 Å². The van der Waals surface area contributed by atoms with E-state index in [4.69, 9.17) is 18.6 Å². The normalized spacial score (nSPS) is 8.59. The van der Waals surface area contributed by atoms with Crippen LogP contribution in [0.5, 0.6) is 0 Å². The van der Waals surface area contributed by atoms with Crippen LogP contribution in [0.2, 0.25) is 5.21 Å². The molecule has 184 valence electrons. The SMILES string of the molecule is [C-]#[O+].[C-]#[O+].[C-]#[O+].[C-]#[O+].[W].c1ccc(P(CC[As](c2ccccc2)c2ccccc2)c2ccccc2)cc1. The molecule has 0 saturated heterocycles. The molecule has 0 fully saturated rings. The molecule has 4 rings (SSSR count). The Morgan fingerprint density at radius 1 is 0.459 bits per heavy atom. The summed E-state index contributed by atoms with van der Waals surface area (Å²) >= 11 is -1.32. The van der Waals surface area contributed by atoms with Crippen LogP contribution in [0.25, 0.3) is 0 Å². The molecule has 0 bridgehead atoms. The Balaban J connectivity index is 0. The second-order valence-electron chi connectivity index (χ2n) is 6.65. The second kappa shape index (κ2) is 25.2. The number of hydrogen-bond donors (Lipinski definition) is 0. The van der Waals surface area contributed by atoms with E-state index in [2.05, 4.69) is 148 Å². The molecule has 7 heteroatoms. The van der Waals surface area contributed by atoms with Crippen LogP contribution >= 0.6 is 7.92 Å². The summed E-state index contributed by atoms with van der Waals surface area (Å²) in [7, 11) is -0.328. The van der Waals surface area contributed by atoms with Crippen molar-refractivity contribution in [2.45, 2.75) is 5.21 Å². The van der Waals surface area contributed by atoms with Crippen molar-refractivity contribution >= 4 is 41.9 Å². The van der Waals surface area contributed by atoms with E-state index in [1.54, 1.807) is 8.70 Å². The predicted octanol–water partition coefficient (Wildman–Crippen LogP) is 4.28. The summed E-state index contributed by atoms with van der Waals surface area (Å²) in [6.45, 7) is 18.0. The summed E-state index contributed by atoms with van der Waals surface area (Å²) in [4.78, 5) is 0. The van der Waals surface area contributed by atoms with Gasteiger partial charge in [0.05, 0.1) is 0 Å². The molecule has 0 radical (unpaired) electrons. The molecule has 4 nitrogen and oxygen atoms in total. The van der Waals surface area contributed by atoms with Crippen molar-refractivity contribution in [3.8, 4) is 0 Å². The monoisotopic (exact) mass is 738 g/mol. The van der Waals surface area contributed by atoms with Crippen LogP contribution in [0.15, 0.2) is 121 Å². The molecule has 0 heterocycles. The number of benzene rings is 4. The Bertz CT molecular complexity index is 966. The molecule has 0 N–H and O–H groups in total. The van der Waals surface area contributed by atoms with Gasteiger partial charge >= 0.3 is 220 Å². The summed E-state index contributed by atoms with van der Waals surface area (Å²) in [6, 6.07) is 44.5. The average Bonchev–Trinajstić information content (AvgIpc) is 3.01. The quantitative estimate of drug-likeness (QED) is 0.118. The topological polar surface area (TPSA) is 79.6 Å². The van der Waals surface area contributed by atoms with Crippen molar-refractivity contribution in [3.63, 3.8) is 0 Å². The number of hydrogen-bond acceptors (Lipinski definition) is 0. The summed E-state index contributed by atoms with van der Waals surface area (Å²) in [5, 5.41) is 4.26. The van der Waals surface area contributed by atoms with Gasteiger partial charge in [-0.05, 0) is 0 Å². The van der Waals surface area contributed by atoms with Crippen molar-refractivity contribution in [1.29, 1.82) is 0 Å².